The third kappa shape index (κ3) is 5.26. The number of carbonyl (C=O) groups is 1. The molecule has 2 aromatic carbocycles. The Labute approximate surface area is 197 Å². The first-order valence-corrected chi connectivity index (χ1v) is 11.0. The summed E-state index contributed by atoms with van der Waals surface area (Å²) in [4.78, 5) is 11.2. The molecule has 188 valence electrons. The van der Waals surface area contributed by atoms with Crippen molar-refractivity contribution in [3.63, 3.8) is 0 Å². The Morgan fingerprint density at radius 2 is 1.66 bits per heavy atom. The minimum absolute atomic E-state index is 0.154. The van der Waals surface area contributed by atoms with E-state index in [0.717, 1.165) is 12.1 Å². The topological polar surface area (TPSA) is 121 Å². The number of primary amides is 1. The number of rotatable bonds is 5. The molecule has 7 nitrogen and oxygen atoms in total. The minimum atomic E-state index is -5.36. The van der Waals surface area contributed by atoms with Crippen LogP contribution >= 0.6 is 11.6 Å². The van der Waals surface area contributed by atoms with Crippen LogP contribution < -0.4 is 10.9 Å². The minimum Gasteiger partial charge on any atom is -0.369 e. The number of sulfonamides is 1. The van der Waals surface area contributed by atoms with Crippen LogP contribution in [0.1, 0.15) is 28.2 Å². The van der Waals surface area contributed by atoms with E-state index in [4.69, 9.17) is 22.5 Å². The first kappa shape index (κ1) is 26.4. The van der Waals surface area contributed by atoms with Crippen LogP contribution in [0.25, 0.3) is 5.69 Å². The molecule has 0 spiro atoms. The number of halogens is 8. The number of amides is 1. The lowest BCUT2D eigenvalue weighted by atomic mass is 9.84. The Morgan fingerprint density at radius 1 is 1.06 bits per heavy atom. The van der Waals surface area contributed by atoms with Gasteiger partial charge in [-0.2, -0.15) is 31.4 Å². The Hall–Kier alpha value is -3.17. The van der Waals surface area contributed by atoms with E-state index in [1.165, 1.54) is 0 Å². The Balaban J connectivity index is 2.51. The fourth-order valence-electron chi connectivity index (χ4n) is 3.44. The van der Waals surface area contributed by atoms with Gasteiger partial charge in [-0.3, -0.25) is 4.79 Å². The van der Waals surface area contributed by atoms with Gasteiger partial charge in [0.2, 0.25) is 15.9 Å². The highest BCUT2D eigenvalue weighted by molar-refractivity contribution is 7.89. The van der Waals surface area contributed by atoms with E-state index in [1.807, 2.05) is 0 Å². The lowest BCUT2D eigenvalue weighted by molar-refractivity contribution is -0.138. The molecule has 0 fully saturated rings. The van der Waals surface area contributed by atoms with Crippen LogP contribution in [0, 0.1) is 5.82 Å². The monoisotopic (exact) mass is 544 g/mol. The van der Waals surface area contributed by atoms with Crippen molar-refractivity contribution in [2.45, 2.75) is 23.2 Å². The van der Waals surface area contributed by atoms with Crippen molar-refractivity contribution in [1.82, 2.24) is 9.78 Å². The van der Waals surface area contributed by atoms with Gasteiger partial charge in [-0.1, -0.05) is 17.7 Å². The number of hydrogen-bond donors (Lipinski definition) is 2. The van der Waals surface area contributed by atoms with Crippen molar-refractivity contribution in [2.75, 3.05) is 0 Å². The Kier molecular flexibility index (Phi) is 6.65. The highest BCUT2D eigenvalue weighted by Gasteiger charge is 2.43. The molecule has 16 heteroatoms. The highest BCUT2D eigenvalue weighted by atomic mass is 35.5. The van der Waals surface area contributed by atoms with Gasteiger partial charge >= 0.3 is 12.4 Å². The van der Waals surface area contributed by atoms with Gasteiger partial charge in [0, 0.05) is 5.02 Å². The van der Waals surface area contributed by atoms with Crippen molar-refractivity contribution in [3.05, 3.63) is 75.8 Å². The van der Waals surface area contributed by atoms with Gasteiger partial charge in [0.1, 0.15) is 4.90 Å². The van der Waals surface area contributed by atoms with E-state index in [9.17, 15) is 43.9 Å². The Morgan fingerprint density at radius 3 is 2.11 bits per heavy atom. The molecule has 3 rings (SSSR count). The third-order valence-electron chi connectivity index (χ3n) is 4.78. The number of nitrogens with two attached hydrogens (primary N) is 2. The number of primary sulfonamides is 1. The lowest BCUT2D eigenvalue weighted by Crippen LogP contribution is -2.29. The van der Waals surface area contributed by atoms with Gasteiger partial charge in [0.25, 0.3) is 0 Å². The number of carbonyl (C=O) groups excluding carboxylic acids is 1. The zero-order chi connectivity index (χ0) is 26.5. The van der Waals surface area contributed by atoms with Crippen molar-refractivity contribution in [2.24, 2.45) is 10.9 Å². The molecular weight excluding hydrogens is 533 g/mol. The zero-order valence-electron chi connectivity index (χ0n) is 16.8. The second-order valence-corrected chi connectivity index (χ2v) is 9.02. The molecule has 4 N–H and O–H groups in total. The van der Waals surface area contributed by atoms with Crippen LogP contribution in [-0.2, 0) is 27.2 Å². The van der Waals surface area contributed by atoms with Crippen LogP contribution in [0.2, 0.25) is 5.02 Å². The molecule has 0 aliphatic rings. The molecule has 1 aromatic heterocycles. The average molecular weight is 545 g/mol. The standard InChI is InChI=1S/C19H12ClF7N4O3S/c20-12-3-1-2-10(18(22,23)24)16(12)15(17(28)32)9-4-14(35(29,33)34)13(5-11(9)19(25,26)27)31-7-8(21)6-30-31/h1-7,15H,(H2,28,32)(H2,29,33,34). The maximum absolute atomic E-state index is 14.1. The summed E-state index contributed by atoms with van der Waals surface area (Å²) in [5.74, 6) is -5.27. The quantitative estimate of drug-likeness (QED) is 0.472. The van der Waals surface area contributed by atoms with Crippen LogP contribution in [0.3, 0.4) is 0 Å². The molecule has 0 saturated carbocycles. The molecule has 1 heterocycles. The molecule has 3 aromatic rings. The average Bonchev–Trinajstić information content (AvgIpc) is 3.12. The van der Waals surface area contributed by atoms with E-state index in [0.29, 0.717) is 23.1 Å². The van der Waals surface area contributed by atoms with E-state index >= 15 is 0 Å². The summed E-state index contributed by atoms with van der Waals surface area (Å²) in [6, 6.07) is 2.60. The summed E-state index contributed by atoms with van der Waals surface area (Å²) in [5.41, 5.74) is -1.39. The molecule has 0 aliphatic heterocycles. The molecule has 35 heavy (non-hydrogen) atoms. The fourth-order valence-corrected chi connectivity index (χ4v) is 4.46. The van der Waals surface area contributed by atoms with Gasteiger partial charge in [0.05, 0.1) is 35.1 Å². The van der Waals surface area contributed by atoms with Crippen LogP contribution in [0.15, 0.2) is 47.6 Å². The second kappa shape index (κ2) is 8.80. The SMILES string of the molecule is NC(=O)C(c1cc(S(N)(=O)=O)c(-n2cc(F)cn2)cc1C(F)(F)F)c1c(Cl)cccc1C(F)(F)F. The molecule has 0 radical (unpaired) electrons. The third-order valence-corrected chi connectivity index (χ3v) is 6.05. The number of alkyl halides is 6. The summed E-state index contributed by atoms with van der Waals surface area (Å²) in [5, 5.41) is 7.75. The number of hydrogen-bond acceptors (Lipinski definition) is 4. The predicted octanol–water partition coefficient (Wildman–Crippen LogP) is 3.97. The highest BCUT2D eigenvalue weighted by Crippen LogP contribution is 2.45. The molecule has 0 aliphatic carbocycles. The molecule has 0 bridgehead atoms. The van der Waals surface area contributed by atoms with Crippen molar-refractivity contribution >= 4 is 27.5 Å². The molecule has 1 atom stereocenters. The zero-order valence-corrected chi connectivity index (χ0v) is 18.4. The van der Waals surface area contributed by atoms with Gasteiger partial charge in [-0.25, -0.2) is 22.6 Å². The van der Waals surface area contributed by atoms with Gasteiger partial charge in [-0.15, -0.1) is 0 Å². The molecule has 0 saturated heterocycles. The first-order valence-electron chi connectivity index (χ1n) is 9.06. The summed E-state index contributed by atoms with van der Waals surface area (Å²) in [7, 11) is -4.91. The van der Waals surface area contributed by atoms with Gasteiger partial charge in [0.15, 0.2) is 5.82 Å². The van der Waals surface area contributed by atoms with Gasteiger partial charge in [-0.05, 0) is 35.4 Å². The van der Waals surface area contributed by atoms with Crippen molar-refractivity contribution in [1.29, 1.82) is 0 Å². The van der Waals surface area contributed by atoms with E-state index in [1.54, 1.807) is 0 Å². The summed E-state index contributed by atoms with van der Waals surface area (Å²) < 4.78 is 121. The normalized spacial score (nSPS) is 13.6. The lowest BCUT2D eigenvalue weighted by Gasteiger charge is -2.25. The molecular formula is C19H12ClF7N4O3S. The first-order chi connectivity index (χ1) is 15.9. The van der Waals surface area contributed by atoms with E-state index in [-0.39, 0.29) is 12.1 Å². The van der Waals surface area contributed by atoms with E-state index in [2.05, 4.69) is 5.10 Å². The van der Waals surface area contributed by atoms with Crippen LogP contribution in [-0.4, -0.2) is 24.1 Å². The second-order valence-electron chi connectivity index (χ2n) is 7.09. The molecule has 1 unspecified atom stereocenters. The van der Waals surface area contributed by atoms with Crippen LogP contribution in [0.4, 0.5) is 30.7 Å². The largest absolute Gasteiger partial charge is 0.416 e. The van der Waals surface area contributed by atoms with Gasteiger partial charge < -0.3 is 5.73 Å². The molecule has 1 amide bonds. The van der Waals surface area contributed by atoms with Crippen LogP contribution in [0.5, 0.6) is 0 Å². The smallest absolute Gasteiger partial charge is 0.369 e. The van der Waals surface area contributed by atoms with Crippen molar-refractivity contribution in [3.8, 4) is 5.69 Å². The van der Waals surface area contributed by atoms with E-state index < -0.39 is 77.9 Å². The maximum atomic E-state index is 14.1. The van der Waals surface area contributed by atoms with Crippen molar-refractivity contribution < 1.29 is 43.9 Å². The number of aromatic nitrogens is 2. The fraction of sp³-hybridized carbons (Fsp3) is 0.158. The number of nitrogens with zero attached hydrogens (tertiary/aromatic N) is 2. The summed E-state index contributed by atoms with van der Waals surface area (Å²) in [6.45, 7) is 0. The Bertz CT molecular complexity index is 1420. The number of benzene rings is 2. The predicted molar refractivity (Wildman–Crippen MR) is 107 cm³/mol. The summed E-state index contributed by atoms with van der Waals surface area (Å²) >= 11 is 5.86. The maximum Gasteiger partial charge on any atom is 0.416 e. The summed E-state index contributed by atoms with van der Waals surface area (Å²) in [6.07, 6.45) is -9.45.